The summed E-state index contributed by atoms with van der Waals surface area (Å²) in [6.45, 7) is 4.38. The number of ether oxygens (including phenoxy) is 1. The number of amides is 2. The van der Waals surface area contributed by atoms with Crippen LogP contribution in [-0.2, 0) is 9.59 Å². The number of hydrogen-bond acceptors (Lipinski definition) is 4. The third-order valence-corrected chi connectivity index (χ3v) is 5.46. The van der Waals surface area contributed by atoms with Crippen molar-refractivity contribution in [3.8, 4) is 5.75 Å². The topological polar surface area (TPSA) is 58.6 Å². The van der Waals surface area contributed by atoms with Crippen LogP contribution < -0.4 is 15.0 Å². The van der Waals surface area contributed by atoms with Crippen molar-refractivity contribution in [2.45, 2.75) is 20.3 Å². The van der Waals surface area contributed by atoms with Gasteiger partial charge in [0.05, 0.1) is 17.9 Å². The minimum absolute atomic E-state index is 0.0943. The molecule has 0 bridgehead atoms. The molecule has 168 valence electrons. The van der Waals surface area contributed by atoms with E-state index in [2.05, 4.69) is 5.32 Å². The fourth-order valence-electron chi connectivity index (χ4n) is 3.56. The number of nitrogens with zero attached hydrogens (tertiary/aromatic N) is 1. The van der Waals surface area contributed by atoms with Crippen molar-refractivity contribution >= 4 is 40.4 Å². The van der Waals surface area contributed by atoms with Gasteiger partial charge < -0.3 is 10.1 Å². The minimum Gasteiger partial charge on any atom is -0.494 e. The van der Waals surface area contributed by atoms with Crippen molar-refractivity contribution in [1.29, 1.82) is 0 Å². The van der Waals surface area contributed by atoms with Crippen molar-refractivity contribution in [2.75, 3.05) is 16.8 Å². The predicted molar refractivity (Wildman–Crippen MR) is 128 cm³/mol. The van der Waals surface area contributed by atoms with Crippen LogP contribution in [0.4, 0.5) is 15.8 Å². The first-order valence-electron chi connectivity index (χ1n) is 10.5. The minimum atomic E-state index is -0.522. The van der Waals surface area contributed by atoms with E-state index in [9.17, 15) is 14.0 Å². The van der Waals surface area contributed by atoms with E-state index in [0.29, 0.717) is 34.3 Å². The average Bonchev–Trinajstić information content (AvgIpc) is 3.05. The SMILES string of the molecule is CCCOc1cccc(N2C(=O)C(Nc3cc(Cl)ccc3C)=C(c3ccc(F)cc3)C2=O)c1. The Morgan fingerprint density at radius 2 is 1.76 bits per heavy atom. The first kappa shape index (κ1) is 22.6. The molecule has 0 radical (unpaired) electrons. The molecule has 33 heavy (non-hydrogen) atoms. The lowest BCUT2D eigenvalue weighted by molar-refractivity contribution is -0.120. The van der Waals surface area contributed by atoms with Gasteiger partial charge in [0.2, 0.25) is 0 Å². The highest BCUT2D eigenvalue weighted by molar-refractivity contribution is 6.46. The maximum atomic E-state index is 13.6. The molecule has 0 saturated carbocycles. The van der Waals surface area contributed by atoms with Gasteiger partial charge in [-0.05, 0) is 60.9 Å². The summed E-state index contributed by atoms with van der Waals surface area (Å²) in [5.41, 5.74) is 2.51. The molecule has 0 atom stereocenters. The molecule has 0 aliphatic carbocycles. The van der Waals surface area contributed by atoms with E-state index in [4.69, 9.17) is 16.3 Å². The molecule has 1 aliphatic rings. The number of aryl methyl sites for hydroxylation is 1. The number of nitrogens with one attached hydrogen (secondary N) is 1. The monoisotopic (exact) mass is 464 g/mol. The van der Waals surface area contributed by atoms with Gasteiger partial charge in [0.25, 0.3) is 11.8 Å². The Bertz CT molecular complexity index is 1250. The van der Waals surface area contributed by atoms with E-state index in [0.717, 1.165) is 16.9 Å². The quantitative estimate of drug-likeness (QED) is 0.437. The highest BCUT2D eigenvalue weighted by Gasteiger charge is 2.40. The smallest absolute Gasteiger partial charge is 0.282 e. The van der Waals surface area contributed by atoms with Crippen LogP contribution in [0.15, 0.2) is 72.4 Å². The van der Waals surface area contributed by atoms with Crippen LogP contribution in [-0.4, -0.2) is 18.4 Å². The summed E-state index contributed by atoms with van der Waals surface area (Å²) < 4.78 is 19.2. The molecule has 0 saturated heterocycles. The number of benzene rings is 3. The molecule has 3 aromatic rings. The summed E-state index contributed by atoms with van der Waals surface area (Å²) in [5.74, 6) is -0.910. The Labute approximate surface area is 196 Å². The molecule has 5 nitrogen and oxygen atoms in total. The first-order chi connectivity index (χ1) is 15.9. The molecule has 1 aliphatic heterocycles. The molecule has 0 aromatic heterocycles. The lowest BCUT2D eigenvalue weighted by Crippen LogP contribution is -2.32. The fourth-order valence-corrected chi connectivity index (χ4v) is 3.73. The van der Waals surface area contributed by atoms with Crippen molar-refractivity contribution in [1.82, 2.24) is 0 Å². The summed E-state index contributed by atoms with van der Waals surface area (Å²) in [4.78, 5) is 28.2. The summed E-state index contributed by atoms with van der Waals surface area (Å²) in [5, 5.41) is 3.59. The Balaban J connectivity index is 1.79. The Hall–Kier alpha value is -3.64. The second-order valence-electron chi connectivity index (χ2n) is 7.63. The van der Waals surface area contributed by atoms with Gasteiger partial charge >= 0.3 is 0 Å². The lowest BCUT2D eigenvalue weighted by Gasteiger charge is -2.17. The van der Waals surface area contributed by atoms with Crippen molar-refractivity contribution in [3.63, 3.8) is 0 Å². The Morgan fingerprint density at radius 3 is 2.48 bits per heavy atom. The number of hydrogen-bond donors (Lipinski definition) is 1. The second-order valence-corrected chi connectivity index (χ2v) is 8.07. The zero-order valence-corrected chi connectivity index (χ0v) is 18.9. The van der Waals surface area contributed by atoms with E-state index in [1.54, 1.807) is 36.4 Å². The molecule has 4 rings (SSSR count). The summed E-state index contributed by atoms with van der Waals surface area (Å²) in [6.07, 6.45) is 0.828. The largest absolute Gasteiger partial charge is 0.494 e. The maximum Gasteiger partial charge on any atom is 0.282 e. The third-order valence-electron chi connectivity index (χ3n) is 5.22. The van der Waals surface area contributed by atoms with Crippen molar-refractivity contribution in [2.24, 2.45) is 0 Å². The summed E-state index contributed by atoms with van der Waals surface area (Å²) >= 11 is 6.15. The van der Waals surface area contributed by atoms with Crippen molar-refractivity contribution in [3.05, 3.63) is 94.4 Å². The van der Waals surface area contributed by atoms with Crippen LogP contribution in [0, 0.1) is 12.7 Å². The van der Waals surface area contributed by atoms with E-state index in [1.165, 1.54) is 24.3 Å². The zero-order valence-electron chi connectivity index (χ0n) is 18.2. The molecule has 0 fully saturated rings. The Kier molecular flexibility index (Phi) is 6.47. The van der Waals surface area contributed by atoms with Gasteiger partial charge in [-0.3, -0.25) is 9.59 Å². The van der Waals surface area contributed by atoms with Gasteiger partial charge in [-0.2, -0.15) is 0 Å². The van der Waals surface area contributed by atoms with E-state index in [-0.39, 0.29) is 11.3 Å². The van der Waals surface area contributed by atoms with Crippen LogP contribution in [0.5, 0.6) is 5.75 Å². The first-order valence-corrected chi connectivity index (χ1v) is 10.9. The van der Waals surface area contributed by atoms with Crippen molar-refractivity contribution < 1.29 is 18.7 Å². The van der Waals surface area contributed by atoms with E-state index < -0.39 is 17.6 Å². The van der Waals surface area contributed by atoms with Crippen LogP contribution in [0.3, 0.4) is 0 Å². The van der Waals surface area contributed by atoms with Crippen LogP contribution in [0.2, 0.25) is 5.02 Å². The van der Waals surface area contributed by atoms with Gasteiger partial charge in [-0.1, -0.05) is 42.8 Å². The maximum absolute atomic E-state index is 13.6. The zero-order chi connectivity index (χ0) is 23.5. The number of carbonyl (C=O) groups excluding carboxylic acids is 2. The molecular weight excluding hydrogens is 443 g/mol. The van der Waals surface area contributed by atoms with Gasteiger partial charge in [0.15, 0.2) is 0 Å². The molecule has 2 amide bonds. The fraction of sp³-hybridized carbons (Fsp3) is 0.154. The standard InChI is InChI=1S/C26H22ClFN2O3/c1-3-13-33-21-6-4-5-20(15-21)30-25(31)23(17-8-11-19(28)12-9-17)24(26(30)32)29-22-14-18(27)10-7-16(22)2/h4-12,14-15,29H,3,13H2,1-2H3. The number of imide groups is 1. The average molecular weight is 465 g/mol. The molecule has 0 unspecified atom stereocenters. The van der Waals surface area contributed by atoms with Gasteiger partial charge in [-0.15, -0.1) is 0 Å². The van der Waals surface area contributed by atoms with E-state index in [1.807, 2.05) is 19.9 Å². The van der Waals surface area contributed by atoms with Gasteiger partial charge in [-0.25, -0.2) is 9.29 Å². The predicted octanol–water partition coefficient (Wildman–Crippen LogP) is 5.97. The highest BCUT2D eigenvalue weighted by Crippen LogP contribution is 2.35. The van der Waals surface area contributed by atoms with Crippen LogP contribution in [0.1, 0.15) is 24.5 Å². The third kappa shape index (κ3) is 4.61. The number of halogens is 2. The van der Waals surface area contributed by atoms with E-state index >= 15 is 0 Å². The molecule has 1 heterocycles. The summed E-state index contributed by atoms with van der Waals surface area (Å²) in [7, 11) is 0. The number of rotatable bonds is 7. The molecule has 7 heteroatoms. The molecule has 3 aromatic carbocycles. The Morgan fingerprint density at radius 1 is 1.00 bits per heavy atom. The number of carbonyl (C=O) groups is 2. The highest BCUT2D eigenvalue weighted by atomic mass is 35.5. The normalized spacial score (nSPS) is 13.6. The van der Waals surface area contributed by atoms with Gasteiger partial charge in [0.1, 0.15) is 17.3 Å². The second kappa shape index (κ2) is 9.46. The molecule has 1 N–H and O–H groups in total. The van der Waals surface area contributed by atoms with Crippen LogP contribution >= 0.6 is 11.6 Å². The molecular formula is C26H22ClFN2O3. The number of anilines is 2. The van der Waals surface area contributed by atoms with Crippen LogP contribution in [0.25, 0.3) is 5.57 Å². The lowest BCUT2D eigenvalue weighted by atomic mass is 10.0. The molecule has 0 spiro atoms. The summed E-state index contributed by atoms with van der Waals surface area (Å²) in [6, 6.07) is 17.5. The van der Waals surface area contributed by atoms with Gasteiger partial charge in [0, 0.05) is 16.8 Å².